The number of hydrogen-bond donors (Lipinski definition) is 2. The van der Waals surface area contributed by atoms with Gasteiger partial charge in [-0.05, 0) is 73.7 Å². The zero-order valence-corrected chi connectivity index (χ0v) is 17.7. The monoisotopic (exact) mass is 417 g/mol. The lowest BCUT2D eigenvalue weighted by molar-refractivity contribution is 0.139. The number of likely N-dealkylation sites (tertiary alicyclic amines) is 1. The van der Waals surface area contributed by atoms with E-state index in [1.165, 1.54) is 5.56 Å². The molecule has 0 bridgehead atoms. The average Bonchev–Trinajstić information content (AvgIpc) is 2.77. The predicted molar refractivity (Wildman–Crippen MR) is 124 cm³/mol. The van der Waals surface area contributed by atoms with Crippen LogP contribution < -0.4 is 10.6 Å². The van der Waals surface area contributed by atoms with Crippen molar-refractivity contribution < 1.29 is 9.18 Å². The molecule has 1 aliphatic heterocycles. The average molecular weight is 418 g/mol. The van der Waals surface area contributed by atoms with Gasteiger partial charge >= 0.3 is 6.03 Å². The molecule has 0 aromatic heterocycles. The van der Waals surface area contributed by atoms with E-state index in [1.807, 2.05) is 60.7 Å². The fourth-order valence-electron chi connectivity index (χ4n) is 4.30. The van der Waals surface area contributed by atoms with E-state index in [0.29, 0.717) is 12.0 Å². The highest BCUT2D eigenvalue weighted by Crippen LogP contribution is 2.33. The molecule has 4 rings (SSSR count). The Morgan fingerprint density at radius 1 is 0.968 bits per heavy atom. The molecule has 1 aliphatic rings. The lowest BCUT2D eigenvalue weighted by atomic mass is 9.85. The standard InChI is InChI=1S/C26H28FN3O/c1-19-17-21(20-11-13-23(27)14-12-20)15-16-30(19)18-22-7-5-6-10-25(22)29-26(31)28-24-8-3-2-4-9-24/h2-14,19,21H,15-18H2,1H3,(H2,28,29,31). The van der Waals surface area contributed by atoms with Gasteiger partial charge in [0.2, 0.25) is 0 Å². The summed E-state index contributed by atoms with van der Waals surface area (Å²) in [4.78, 5) is 14.9. The second-order valence-corrected chi connectivity index (χ2v) is 8.19. The topological polar surface area (TPSA) is 44.4 Å². The van der Waals surface area contributed by atoms with Crippen LogP contribution in [-0.4, -0.2) is 23.5 Å². The molecule has 0 radical (unpaired) electrons. The van der Waals surface area contributed by atoms with Crippen molar-refractivity contribution in [3.8, 4) is 0 Å². The predicted octanol–water partition coefficient (Wildman–Crippen LogP) is 6.24. The number of carbonyl (C=O) groups is 1. The van der Waals surface area contributed by atoms with Crippen LogP contribution in [-0.2, 0) is 6.54 Å². The molecule has 5 heteroatoms. The van der Waals surface area contributed by atoms with Gasteiger partial charge in [-0.15, -0.1) is 0 Å². The second kappa shape index (κ2) is 9.75. The lowest BCUT2D eigenvalue weighted by Crippen LogP contribution is -2.39. The third kappa shape index (κ3) is 5.50. The maximum atomic E-state index is 13.2. The second-order valence-electron chi connectivity index (χ2n) is 8.19. The van der Waals surface area contributed by atoms with E-state index in [-0.39, 0.29) is 11.8 Å². The van der Waals surface area contributed by atoms with Crippen molar-refractivity contribution in [2.75, 3.05) is 17.2 Å². The molecule has 2 unspecified atom stereocenters. The lowest BCUT2D eigenvalue weighted by Gasteiger charge is -2.38. The summed E-state index contributed by atoms with van der Waals surface area (Å²) in [6.45, 7) is 3.99. The molecule has 4 nitrogen and oxygen atoms in total. The van der Waals surface area contributed by atoms with Gasteiger partial charge < -0.3 is 10.6 Å². The van der Waals surface area contributed by atoms with Gasteiger partial charge in [0.15, 0.2) is 0 Å². The van der Waals surface area contributed by atoms with Crippen molar-refractivity contribution in [3.63, 3.8) is 0 Å². The number of carbonyl (C=O) groups excluding carboxylic acids is 1. The minimum absolute atomic E-state index is 0.186. The summed E-state index contributed by atoms with van der Waals surface area (Å²) in [5, 5.41) is 5.86. The zero-order chi connectivity index (χ0) is 21.6. The molecule has 0 spiro atoms. The largest absolute Gasteiger partial charge is 0.323 e. The number of anilines is 2. The van der Waals surface area contributed by atoms with Crippen molar-refractivity contribution in [1.82, 2.24) is 4.90 Å². The van der Waals surface area contributed by atoms with Crippen LogP contribution in [0.25, 0.3) is 0 Å². The van der Waals surface area contributed by atoms with Gasteiger partial charge in [0.1, 0.15) is 5.82 Å². The highest BCUT2D eigenvalue weighted by molar-refractivity contribution is 6.00. The molecule has 2 atom stereocenters. The van der Waals surface area contributed by atoms with Crippen LogP contribution in [0.5, 0.6) is 0 Å². The van der Waals surface area contributed by atoms with E-state index in [9.17, 15) is 9.18 Å². The van der Waals surface area contributed by atoms with E-state index in [2.05, 4.69) is 28.5 Å². The molecule has 160 valence electrons. The fourth-order valence-corrected chi connectivity index (χ4v) is 4.30. The fraction of sp³-hybridized carbons (Fsp3) is 0.269. The van der Waals surface area contributed by atoms with Gasteiger partial charge in [0.25, 0.3) is 0 Å². The summed E-state index contributed by atoms with van der Waals surface area (Å²) < 4.78 is 13.2. The van der Waals surface area contributed by atoms with Crippen LogP contribution in [0, 0.1) is 5.82 Å². The van der Waals surface area contributed by atoms with E-state index in [0.717, 1.165) is 42.9 Å². The normalized spacial score (nSPS) is 19.0. The van der Waals surface area contributed by atoms with Gasteiger partial charge in [-0.1, -0.05) is 48.5 Å². The Morgan fingerprint density at radius 3 is 2.42 bits per heavy atom. The van der Waals surface area contributed by atoms with E-state index in [1.54, 1.807) is 12.1 Å². The van der Waals surface area contributed by atoms with Gasteiger partial charge in [-0.2, -0.15) is 0 Å². The summed E-state index contributed by atoms with van der Waals surface area (Å²) in [5.41, 5.74) is 3.89. The summed E-state index contributed by atoms with van der Waals surface area (Å²) >= 11 is 0. The van der Waals surface area contributed by atoms with Crippen molar-refractivity contribution in [2.24, 2.45) is 0 Å². The molecule has 1 saturated heterocycles. The Hall–Kier alpha value is -3.18. The van der Waals surface area contributed by atoms with Crippen LogP contribution in [0.3, 0.4) is 0 Å². The molecule has 3 aromatic carbocycles. The van der Waals surface area contributed by atoms with Crippen LogP contribution >= 0.6 is 0 Å². The van der Waals surface area contributed by atoms with E-state index < -0.39 is 0 Å². The number of nitrogens with one attached hydrogen (secondary N) is 2. The molecule has 3 aromatic rings. The molecule has 1 heterocycles. The van der Waals surface area contributed by atoms with Crippen LogP contribution in [0.4, 0.5) is 20.6 Å². The summed E-state index contributed by atoms with van der Waals surface area (Å²) in [7, 11) is 0. The number of amides is 2. The number of hydrogen-bond acceptors (Lipinski definition) is 2. The number of piperidine rings is 1. The Bertz CT molecular complexity index is 1010. The molecule has 0 aliphatic carbocycles. The number of rotatable bonds is 5. The van der Waals surface area contributed by atoms with Crippen LogP contribution in [0.1, 0.15) is 36.8 Å². The minimum atomic E-state index is -0.248. The molecule has 2 amide bonds. The first-order valence-electron chi connectivity index (χ1n) is 10.8. The van der Waals surface area contributed by atoms with Crippen molar-refractivity contribution >= 4 is 17.4 Å². The quantitative estimate of drug-likeness (QED) is 0.516. The Labute approximate surface area is 183 Å². The van der Waals surface area contributed by atoms with Crippen molar-refractivity contribution in [1.29, 1.82) is 0 Å². The Balaban J connectivity index is 1.38. The van der Waals surface area contributed by atoms with Gasteiger partial charge in [-0.25, -0.2) is 9.18 Å². The third-order valence-electron chi connectivity index (χ3n) is 6.03. The molecular weight excluding hydrogens is 389 g/mol. The molecule has 1 fully saturated rings. The molecule has 2 N–H and O–H groups in total. The molecular formula is C26H28FN3O. The first-order valence-corrected chi connectivity index (χ1v) is 10.8. The first-order chi connectivity index (χ1) is 15.1. The number of halogens is 1. The number of nitrogens with zero attached hydrogens (tertiary/aromatic N) is 1. The SMILES string of the molecule is CC1CC(c2ccc(F)cc2)CCN1Cc1ccccc1NC(=O)Nc1ccccc1. The maximum Gasteiger partial charge on any atom is 0.323 e. The smallest absolute Gasteiger partial charge is 0.308 e. The van der Waals surface area contributed by atoms with E-state index in [4.69, 9.17) is 0 Å². The van der Waals surface area contributed by atoms with Crippen molar-refractivity contribution in [3.05, 3.63) is 95.8 Å². The summed E-state index contributed by atoms with van der Waals surface area (Å²) in [6, 6.07) is 24.4. The zero-order valence-electron chi connectivity index (χ0n) is 17.7. The number of para-hydroxylation sites is 2. The molecule has 31 heavy (non-hydrogen) atoms. The van der Waals surface area contributed by atoms with Crippen molar-refractivity contribution in [2.45, 2.75) is 38.3 Å². The highest BCUT2D eigenvalue weighted by Gasteiger charge is 2.27. The van der Waals surface area contributed by atoms with Crippen LogP contribution in [0.15, 0.2) is 78.9 Å². The summed E-state index contributed by atoms with van der Waals surface area (Å²) in [5.74, 6) is 0.270. The Kier molecular flexibility index (Phi) is 6.63. The number of benzene rings is 3. The highest BCUT2D eigenvalue weighted by atomic mass is 19.1. The summed E-state index contributed by atoms with van der Waals surface area (Å²) in [6.07, 6.45) is 2.08. The van der Waals surface area contributed by atoms with Gasteiger partial charge in [-0.3, -0.25) is 4.90 Å². The number of urea groups is 1. The Morgan fingerprint density at radius 2 is 1.68 bits per heavy atom. The van der Waals surface area contributed by atoms with E-state index >= 15 is 0 Å². The first kappa shape index (κ1) is 21.1. The molecule has 0 saturated carbocycles. The minimum Gasteiger partial charge on any atom is -0.308 e. The van der Waals surface area contributed by atoms with Gasteiger partial charge in [0, 0.05) is 24.0 Å². The van der Waals surface area contributed by atoms with Gasteiger partial charge in [0.05, 0.1) is 0 Å². The maximum absolute atomic E-state index is 13.2. The van der Waals surface area contributed by atoms with Crippen LogP contribution in [0.2, 0.25) is 0 Å². The third-order valence-corrected chi connectivity index (χ3v) is 6.03.